The third-order valence-electron chi connectivity index (χ3n) is 3.46. The van der Waals surface area contributed by atoms with Gasteiger partial charge in [0.2, 0.25) is 0 Å². The second-order valence-electron chi connectivity index (χ2n) is 5.00. The molecule has 2 aromatic carbocycles. The Morgan fingerprint density at radius 3 is 2.71 bits per heavy atom. The van der Waals surface area contributed by atoms with Gasteiger partial charge in [0.15, 0.2) is 0 Å². The van der Waals surface area contributed by atoms with E-state index in [1.54, 1.807) is 17.8 Å². The number of aryl methyl sites for hydroxylation is 1. The summed E-state index contributed by atoms with van der Waals surface area (Å²) in [5.74, 6) is 0.777. The smallest absolute Gasteiger partial charge is 0.123 e. The average molecular weight is 368 g/mol. The Labute approximate surface area is 138 Å². The molecule has 2 aromatic rings. The second kappa shape index (κ2) is 7.97. The molecule has 0 radical (unpaired) electrons. The van der Waals surface area contributed by atoms with E-state index in [0.717, 1.165) is 27.8 Å². The third-order valence-corrected chi connectivity index (χ3v) is 5.65. The number of benzene rings is 2. The molecule has 0 aliphatic heterocycles. The lowest BCUT2D eigenvalue weighted by Crippen LogP contribution is -2.30. The van der Waals surface area contributed by atoms with Crippen LogP contribution in [0.15, 0.2) is 51.8 Å². The fourth-order valence-electron chi connectivity index (χ4n) is 2.12. The predicted octanol–water partition coefficient (Wildman–Crippen LogP) is 4.82. The van der Waals surface area contributed by atoms with Crippen molar-refractivity contribution >= 4 is 27.7 Å². The summed E-state index contributed by atoms with van der Waals surface area (Å²) in [5, 5.41) is 3.33. The molecule has 0 bridgehead atoms. The van der Waals surface area contributed by atoms with Crippen molar-refractivity contribution in [2.45, 2.75) is 24.3 Å². The zero-order valence-electron chi connectivity index (χ0n) is 12.2. The Morgan fingerprint density at radius 1 is 1.24 bits per heavy atom. The van der Waals surface area contributed by atoms with Crippen molar-refractivity contribution in [1.82, 2.24) is 5.32 Å². The summed E-state index contributed by atoms with van der Waals surface area (Å²) in [5.41, 5.74) is 2.21. The van der Waals surface area contributed by atoms with Crippen molar-refractivity contribution in [3.8, 4) is 0 Å². The van der Waals surface area contributed by atoms with Crippen molar-refractivity contribution in [3.63, 3.8) is 0 Å². The molecule has 0 aliphatic rings. The molecule has 21 heavy (non-hydrogen) atoms. The SMILES string of the molecule is CNC(CSc1ccccc1Br)Cc1cc(F)ccc1C. The van der Waals surface area contributed by atoms with Crippen molar-refractivity contribution in [2.24, 2.45) is 0 Å². The van der Waals surface area contributed by atoms with Crippen LogP contribution in [0.4, 0.5) is 4.39 Å². The Balaban J connectivity index is 2.00. The fraction of sp³-hybridized carbons (Fsp3) is 0.294. The van der Waals surface area contributed by atoms with Gasteiger partial charge in [-0.2, -0.15) is 0 Å². The Morgan fingerprint density at radius 2 is 2.00 bits per heavy atom. The van der Waals surface area contributed by atoms with E-state index in [1.165, 1.54) is 11.0 Å². The largest absolute Gasteiger partial charge is 0.316 e. The average Bonchev–Trinajstić information content (AvgIpc) is 2.48. The molecule has 1 nitrogen and oxygen atoms in total. The highest BCUT2D eigenvalue weighted by Gasteiger charge is 2.11. The van der Waals surface area contributed by atoms with Gasteiger partial charge in [-0.25, -0.2) is 4.39 Å². The monoisotopic (exact) mass is 367 g/mol. The Bertz CT molecular complexity index is 603. The lowest BCUT2D eigenvalue weighted by molar-refractivity contribution is 0.601. The van der Waals surface area contributed by atoms with Crippen LogP contribution in [-0.4, -0.2) is 18.8 Å². The lowest BCUT2D eigenvalue weighted by Gasteiger charge is -2.17. The predicted molar refractivity (Wildman–Crippen MR) is 92.6 cm³/mol. The fourth-order valence-corrected chi connectivity index (χ4v) is 3.80. The molecular formula is C17H19BrFNS. The Hall–Kier alpha value is -0.840. The van der Waals surface area contributed by atoms with Crippen LogP contribution in [0, 0.1) is 12.7 Å². The quantitative estimate of drug-likeness (QED) is 0.734. The summed E-state index contributed by atoms with van der Waals surface area (Å²) in [4.78, 5) is 1.23. The van der Waals surface area contributed by atoms with E-state index in [4.69, 9.17) is 0 Å². The zero-order valence-corrected chi connectivity index (χ0v) is 14.6. The number of rotatable bonds is 6. The molecule has 0 heterocycles. The van der Waals surface area contributed by atoms with E-state index in [0.29, 0.717) is 6.04 Å². The maximum atomic E-state index is 13.4. The van der Waals surface area contributed by atoms with Gasteiger partial charge >= 0.3 is 0 Å². The minimum atomic E-state index is -0.163. The minimum Gasteiger partial charge on any atom is -0.316 e. The molecule has 4 heteroatoms. The summed E-state index contributed by atoms with van der Waals surface area (Å²) in [6, 6.07) is 13.5. The van der Waals surface area contributed by atoms with E-state index >= 15 is 0 Å². The van der Waals surface area contributed by atoms with Crippen molar-refractivity contribution in [1.29, 1.82) is 0 Å². The van der Waals surface area contributed by atoms with E-state index in [9.17, 15) is 4.39 Å². The first-order valence-electron chi connectivity index (χ1n) is 6.89. The van der Waals surface area contributed by atoms with Gasteiger partial charge in [-0.05, 0) is 71.7 Å². The van der Waals surface area contributed by atoms with E-state index in [1.807, 2.05) is 38.2 Å². The summed E-state index contributed by atoms with van der Waals surface area (Å²) < 4.78 is 14.5. The van der Waals surface area contributed by atoms with Crippen molar-refractivity contribution in [2.75, 3.05) is 12.8 Å². The number of hydrogen-bond acceptors (Lipinski definition) is 2. The van der Waals surface area contributed by atoms with Gasteiger partial charge in [-0.15, -0.1) is 11.8 Å². The third kappa shape index (κ3) is 4.83. The molecule has 2 rings (SSSR count). The maximum absolute atomic E-state index is 13.4. The van der Waals surface area contributed by atoms with E-state index < -0.39 is 0 Å². The molecule has 0 saturated carbocycles. The van der Waals surface area contributed by atoms with Crippen molar-refractivity contribution in [3.05, 3.63) is 63.9 Å². The highest BCUT2D eigenvalue weighted by atomic mass is 79.9. The van der Waals surface area contributed by atoms with Gasteiger partial charge in [0.1, 0.15) is 5.82 Å². The molecule has 1 atom stereocenters. The van der Waals surface area contributed by atoms with Crippen LogP contribution in [0.3, 0.4) is 0 Å². The molecule has 0 saturated heterocycles. The molecule has 1 unspecified atom stereocenters. The van der Waals surface area contributed by atoms with E-state index in [-0.39, 0.29) is 5.82 Å². The molecular weight excluding hydrogens is 349 g/mol. The summed E-state index contributed by atoms with van der Waals surface area (Å²) in [7, 11) is 1.96. The number of hydrogen-bond donors (Lipinski definition) is 1. The lowest BCUT2D eigenvalue weighted by atomic mass is 10.0. The van der Waals surface area contributed by atoms with Gasteiger partial charge in [-0.3, -0.25) is 0 Å². The summed E-state index contributed by atoms with van der Waals surface area (Å²) >= 11 is 5.37. The van der Waals surface area contributed by atoms with Crippen LogP contribution < -0.4 is 5.32 Å². The van der Waals surface area contributed by atoms with Crippen LogP contribution in [0.25, 0.3) is 0 Å². The molecule has 1 N–H and O–H groups in total. The molecule has 0 aliphatic carbocycles. The summed E-state index contributed by atoms with van der Waals surface area (Å²) in [6.45, 7) is 2.03. The first-order valence-corrected chi connectivity index (χ1v) is 8.67. The van der Waals surface area contributed by atoms with Crippen LogP contribution in [0.2, 0.25) is 0 Å². The van der Waals surface area contributed by atoms with Gasteiger partial charge in [0.25, 0.3) is 0 Å². The van der Waals surface area contributed by atoms with Gasteiger partial charge in [0, 0.05) is 21.2 Å². The van der Waals surface area contributed by atoms with E-state index in [2.05, 4.69) is 27.3 Å². The normalized spacial score (nSPS) is 12.4. The summed E-state index contributed by atoms with van der Waals surface area (Å²) in [6.07, 6.45) is 0.831. The molecule has 0 aromatic heterocycles. The number of likely N-dealkylation sites (N-methyl/N-ethyl adjacent to an activating group) is 1. The first kappa shape index (κ1) is 16.5. The second-order valence-corrected chi connectivity index (χ2v) is 6.92. The van der Waals surface area contributed by atoms with Crippen LogP contribution in [0.5, 0.6) is 0 Å². The maximum Gasteiger partial charge on any atom is 0.123 e. The first-order chi connectivity index (χ1) is 10.1. The highest BCUT2D eigenvalue weighted by Crippen LogP contribution is 2.28. The molecule has 0 fully saturated rings. The standard InChI is InChI=1S/C17H19BrFNS/c1-12-7-8-14(19)9-13(12)10-15(20-2)11-21-17-6-4-3-5-16(17)18/h3-9,15,20H,10-11H2,1-2H3. The number of nitrogens with one attached hydrogen (secondary N) is 1. The topological polar surface area (TPSA) is 12.0 Å². The van der Waals surface area contributed by atoms with Gasteiger partial charge in [0.05, 0.1) is 0 Å². The number of halogens is 2. The number of thioether (sulfide) groups is 1. The highest BCUT2D eigenvalue weighted by molar-refractivity contribution is 9.10. The molecule has 0 spiro atoms. The van der Waals surface area contributed by atoms with Crippen LogP contribution in [0.1, 0.15) is 11.1 Å². The van der Waals surface area contributed by atoms with Crippen molar-refractivity contribution < 1.29 is 4.39 Å². The zero-order chi connectivity index (χ0) is 15.2. The van der Waals surface area contributed by atoms with Gasteiger partial charge < -0.3 is 5.32 Å². The van der Waals surface area contributed by atoms with Gasteiger partial charge in [-0.1, -0.05) is 18.2 Å². The van der Waals surface area contributed by atoms with Crippen LogP contribution in [-0.2, 0) is 6.42 Å². The molecule has 112 valence electrons. The minimum absolute atomic E-state index is 0.163. The molecule has 0 amide bonds. The van der Waals surface area contributed by atoms with Crippen LogP contribution >= 0.6 is 27.7 Å². The Kier molecular flexibility index (Phi) is 6.27.